The lowest BCUT2D eigenvalue weighted by atomic mass is 10.2. The molecule has 1 aromatic carbocycles. The Kier molecular flexibility index (Phi) is 7.64. The molecule has 0 radical (unpaired) electrons. The van der Waals surface area contributed by atoms with E-state index in [4.69, 9.17) is 16.3 Å². The smallest absolute Gasteiger partial charge is 0.321 e. The molecule has 3 amide bonds. The topological polar surface area (TPSA) is 102 Å². The minimum absolute atomic E-state index is 0.214. The highest BCUT2D eigenvalue weighted by Crippen LogP contribution is 2.24. The van der Waals surface area contributed by atoms with Crippen LogP contribution in [-0.2, 0) is 16.1 Å². The SMILES string of the molecule is CNC(=O)NC(=O)[C@H](C)Sc1nc2cc(Cl)ccc2c(=O)n1CCCOC. The number of nitrogens with one attached hydrogen (secondary N) is 2. The van der Waals surface area contributed by atoms with Crippen molar-refractivity contribution in [3.8, 4) is 0 Å². The Morgan fingerprint density at radius 3 is 2.81 bits per heavy atom. The van der Waals surface area contributed by atoms with Crippen molar-refractivity contribution < 1.29 is 14.3 Å². The average molecular weight is 413 g/mol. The van der Waals surface area contributed by atoms with E-state index in [1.807, 2.05) is 0 Å². The van der Waals surface area contributed by atoms with E-state index in [-0.39, 0.29) is 5.56 Å². The minimum Gasteiger partial charge on any atom is -0.385 e. The van der Waals surface area contributed by atoms with Crippen molar-refractivity contribution in [3.63, 3.8) is 0 Å². The van der Waals surface area contributed by atoms with Crippen LogP contribution in [0.1, 0.15) is 13.3 Å². The number of aromatic nitrogens is 2. The number of urea groups is 1. The fourth-order valence-corrected chi connectivity index (χ4v) is 3.42. The third-order valence-electron chi connectivity index (χ3n) is 3.73. The molecule has 2 aromatic rings. The number of ether oxygens (including phenoxy) is 1. The first-order valence-electron chi connectivity index (χ1n) is 8.25. The molecular formula is C17H21ClN4O4S. The van der Waals surface area contributed by atoms with Gasteiger partial charge >= 0.3 is 6.03 Å². The van der Waals surface area contributed by atoms with Crippen molar-refractivity contribution >= 4 is 46.2 Å². The predicted molar refractivity (Wildman–Crippen MR) is 105 cm³/mol. The van der Waals surface area contributed by atoms with Crippen LogP contribution in [-0.4, -0.2) is 47.5 Å². The van der Waals surface area contributed by atoms with Crippen LogP contribution in [0, 0.1) is 0 Å². The van der Waals surface area contributed by atoms with Crippen molar-refractivity contribution in [2.24, 2.45) is 0 Å². The van der Waals surface area contributed by atoms with Crippen molar-refractivity contribution in [2.75, 3.05) is 20.8 Å². The third kappa shape index (κ3) is 5.44. The number of imide groups is 1. The summed E-state index contributed by atoms with van der Waals surface area (Å²) < 4.78 is 6.57. The van der Waals surface area contributed by atoms with E-state index in [0.717, 1.165) is 11.8 Å². The fraction of sp³-hybridized carbons (Fsp3) is 0.412. The molecular weight excluding hydrogens is 392 g/mol. The predicted octanol–water partition coefficient (Wildman–Crippen LogP) is 2.02. The zero-order valence-corrected chi connectivity index (χ0v) is 16.8. The summed E-state index contributed by atoms with van der Waals surface area (Å²) in [6, 6.07) is 4.29. The highest BCUT2D eigenvalue weighted by molar-refractivity contribution is 8.00. The number of nitrogens with zero attached hydrogens (tertiary/aromatic N) is 2. The van der Waals surface area contributed by atoms with E-state index in [1.165, 1.54) is 11.6 Å². The van der Waals surface area contributed by atoms with Crippen LogP contribution in [0.15, 0.2) is 28.2 Å². The Labute approximate surface area is 165 Å². The van der Waals surface area contributed by atoms with Crippen molar-refractivity contribution in [1.29, 1.82) is 0 Å². The van der Waals surface area contributed by atoms with Crippen molar-refractivity contribution in [3.05, 3.63) is 33.6 Å². The molecule has 0 saturated heterocycles. The molecule has 0 spiro atoms. The second kappa shape index (κ2) is 9.72. The highest BCUT2D eigenvalue weighted by Gasteiger charge is 2.20. The van der Waals surface area contributed by atoms with Crippen molar-refractivity contribution in [1.82, 2.24) is 20.2 Å². The summed E-state index contributed by atoms with van der Waals surface area (Å²) in [7, 11) is 3.01. The van der Waals surface area contributed by atoms with Gasteiger partial charge in [0.15, 0.2) is 5.16 Å². The van der Waals surface area contributed by atoms with E-state index < -0.39 is 17.2 Å². The maximum absolute atomic E-state index is 12.9. The van der Waals surface area contributed by atoms with Gasteiger partial charge < -0.3 is 10.1 Å². The number of methoxy groups -OCH3 is 1. The molecule has 0 bridgehead atoms. The number of rotatable bonds is 7. The molecule has 8 nitrogen and oxygen atoms in total. The van der Waals surface area contributed by atoms with Crippen LogP contribution in [0.5, 0.6) is 0 Å². The third-order valence-corrected chi connectivity index (χ3v) is 5.05. The van der Waals surface area contributed by atoms with Gasteiger partial charge in [-0.3, -0.25) is 19.5 Å². The standard InChI is InChI=1S/C17H21ClN4O4S/c1-10(14(23)21-16(25)19-2)27-17-20-13-9-11(18)5-6-12(13)15(24)22(17)7-4-8-26-3/h5-6,9-10H,4,7-8H2,1-3H3,(H2,19,21,23,25)/t10-/m0/s1. The number of carbonyl (C=O) groups excluding carboxylic acids is 2. The Morgan fingerprint density at radius 2 is 2.15 bits per heavy atom. The first kappa shape index (κ1) is 21.2. The molecule has 0 saturated carbocycles. The number of thioether (sulfide) groups is 1. The molecule has 2 N–H and O–H groups in total. The zero-order valence-electron chi connectivity index (χ0n) is 15.2. The number of fused-ring (bicyclic) bond motifs is 1. The van der Waals surface area contributed by atoms with Gasteiger partial charge in [-0.1, -0.05) is 23.4 Å². The number of hydrogen-bond acceptors (Lipinski definition) is 6. The number of halogens is 1. The van der Waals surface area contributed by atoms with Gasteiger partial charge in [0.1, 0.15) is 0 Å². The van der Waals surface area contributed by atoms with E-state index in [1.54, 1.807) is 32.2 Å². The zero-order chi connectivity index (χ0) is 20.0. The van der Waals surface area contributed by atoms with Gasteiger partial charge in [-0.25, -0.2) is 9.78 Å². The molecule has 10 heteroatoms. The summed E-state index contributed by atoms with van der Waals surface area (Å²) in [4.78, 5) is 40.9. The molecule has 0 aliphatic rings. The lowest BCUT2D eigenvalue weighted by molar-refractivity contribution is -0.119. The highest BCUT2D eigenvalue weighted by atomic mass is 35.5. The summed E-state index contributed by atoms with van der Waals surface area (Å²) >= 11 is 7.11. The molecule has 1 atom stereocenters. The summed E-state index contributed by atoms with van der Waals surface area (Å²) in [6.07, 6.45) is 0.615. The maximum Gasteiger partial charge on any atom is 0.321 e. The van der Waals surface area contributed by atoms with Crippen LogP contribution in [0.3, 0.4) is 0 Å². The lowest BCUT2D eigenvalue weighted by Crippen LogP contribution is -2.41. The maximum atomic E-state index is 12.9. The van der Waals surface area contributed by atoms with Crippen LogP contribution in [0.25, 0.3) is 10.9 Å². The Morgan fingerprint density at radius 1 is 1.41 bits per heavy atom. The van der Waals surface area contributed by atoms with Crippen molar-refractivity contribution in [2.45, 2.75) is 30.3 Å². The Bertz CT molecular complexity index is 902. The van der Waals surface area contributed by atoms with Gasteiger partial charge in [0.25, 0.3) is 5.56 Å². The van der Waals surface area contributed by atoms with E-state index in [2.05, 4.69) is 15.6 Å². The second-order valence-electron chi connectivity index (χ2n) is 5.69. The Balaban J connectivity index is 2.39. The van der Waals surface area contributed by atoms with Crippen LogP contribution in [0.4, 0.5) is 4.79 Å². The number of benzene rings is 1. The van der Waals surface area contributed by atoms with Gasteiger partial charge in [0.2, 0.25) is 5.91 Å². The monoisotopic (exact) mass is 412 g/mol. The molecule has 27 heavy (non-hydrogen) atoms. The van der Waals surface area contributed by atoms with Gasteiger partial charge in [-0.2, -0.15) is 0 Å². The summed E-state index contributed by atoms with van der Waals surface area (Å²) in [6.45, 7) is 2.52. The van der Waals surface area contributed by atoms with Crippen LogP contribution in [0.2, 0.25) is 5.02 Å². The Hall–Kier alpha value is -2.10. The van der Waals surface area contributed by atoms with E-state index >= 15 is 0 Å². The van der Waals surface area contributed by atoms with E-state index in [9.17, 15) is 14.4 Å². The normalized spacial score (nSPS) is 12.0. The van der Waals surface area contributed by atoms with Gasteiger partial charge in [0, 0.05) is 32.3 Å². The molecule has 2 rings (SSSR count). The van der Waals surface area contributed by atoms with E-state index in [0.29, 0.717) is 40.7 Å². The number of hydrogen-bond donors (Lipinski definition) is 2. The molecule has 0 fully saturated rings. The van der Waals surface area contributed by atoms with Gasteiger partial charge in [-0.05, 0) is 31.5 Å². The molecule has 1 aromatic heterocycles. The number of amides is 3. The average Bonchev–Trinajstić information content (AvgIpc) is 2.63. The summed E-state index contributed by atoms with van der Waals surface area (Å²) in [5.74, 6) is -0.483. The van der Waals surface area contributed by atoms with Gasteiger partial charge in [0.05, 0.1) is 16.2 Å². The van der Waals surface area contributed by atoms with Crippen LogP contribution < -0.4 is 16.2 Å². The molecule has 0 aliphatic carbocycles. The molecule has 1 heterocycles. The first-order chi connectivity index (χ1) is 12.9. The quantitative estimate of drug-likeness (QED) is 0.410. The van der Waals surface area contributed by atoms with Gasteiger partial charge in [-0.15, -0.1) is 0 Å². The molecule has 0 aliphatic heterocycles. The summed E-state index contributed by atoms with van der Waals surface area (Å²) in [5.41, 5.74) is 0.242. The fourth-order valence-electron chi connectivity index (χ4n) is 2.32. The minimum atomic E-state index is -0.639. The second-order valence-corrected chi connectivity index (χ2v) is 7.43. The first-order valence-corrected chi connectivity index (χ1v) is 9.51. The lowest BCUT2D eigenvalue weighted by Gasteiger charge is -2.16. The molecule has 146 valence electrons. The number of carbonyl (C=O) groups is 2. The summed E-state index contributed by atoms with van der Waals surface area (Å²) in [5, 5.41) is 5.19. The molecule has 0 unspecified atom stereocenters. The largest absolute Gasteiger partial charge is 0.385 e. The van der Waals surface area contributed by atoms with Crippen LogP contribution >= 0.6 is 23.4 Å².